The molecular formula is C28H28N4O3. The van der Waals surface area contributed by atoms with Crippen LogP contribution in [0.15, 0.2) is 79.1 Å². The summed E-state index contributed by atoms with van der Waals surface area (Å²) in [5.41, 5.74) is 4.98. The first-order valence-electron chi connectivity index (χ1n) is 11.3. The maximum atomic E-state index is 12.6. The van der Waals surface area contributed by atoms with E-state index in [0.29, 0.717) is 28.6 Å². The highest BCUT2D eigenvalue weighted by atomic mass is 16.5. The van der Waals surface area contributed by atoms with E-state index in [9.17, 15) is 4.79 Å². The van der Waals surface area contributed by atoms with Crippen molar-refractivity contribution in [3.63, 3.8) is 0 Å². The number of nitrogens with one attached hydrogen (secondary N) is 2. The van der Waals surface area contributed by atoms with Crippen LogP contribution in [0.2, 0.25) is 0 Å². The minimum absolute atomic E-state index is 0.0687. The van der Waals surface area contributed by atoms with E-state index in [1.54, 1.807) is 32.7 Å². The van der Waals surface area contributed by atoms with Crippen molar-refractivity contribution < 1.29 is 14.3 Å². The first-order valence-corrected chi connectivity index (χ1v) is 11.3. The Balaban J connectivity index is 1.49. The molecule has 0 bridgehead atoms. The molecule has 0 saturated carbocycles. The largest absolute Gasteiger partial charge is 0.493 e. The topological polar surface area (TPSA) is 85.4 Å². The summed E-state index contributed by atoms with van der Waals surface area (Å²) >= 11 is 0. The van der Waals surface area contributed by atoms with Crippen LogP contribution in [0.5, 0.6) is 11.5 Å². The van der Waals surface area contributed by atoms with Gasteiger partial charge in [0, 0.05) is 16.8 Å². The first kappa shape index (κ1) is 23.8. The Morgan fingerprint density at radius 3 is 2.49 bits per heavy atom. The minimum atomic E-state index is -0.139. The van der Waals surface area contributed by atoms with Crippen molar-refractivity contribution in [2.75, 3.05) is 24.9 Å². The number of hydrogen-bond donors (Lipinski definition) is 2. The van der Waals surface area contributed by atoms with Crippen LogP contribution in [0.3, 0.4) is 0 Å². The molecule has 4 aromatic rings. The number of carbonyl (C=O) groups excluding carboxylic acids is 1. The molecule has 0 radical (unpaired) electrons. The van der Waals surface area contributed by atoms with E-state index in [1.807, 2.05) is 74.5 Å². The van der Waals surface area contributed by atoms with Crippen LogP contribution >= 0.6 is 0 Å². The molecular weight excluding hydrogens is 440 g/mol. The van der Waals surface area contributed by atoms with Crippen molar-refractivity contribution >= 4 is 17.4 Å². The lowest BCUT2D eigenvalue weighted by molar-refractivity contribution is 0.102. The van der Waals surface area contributed by atoms with Crippen molar-refractivity contribution in [1.82, 2.24) is 9.97 Å². The Hall–Kier alpha value is -4.39. The highest BCUT2D eigenvalue weighted by Crippen LogP contribution is 2.32. The molecule has 7 nitrogen and oxygen atoms in total. The Bertz CT molecular complexity index is 1340. The molecule has 0 fully saturated rings. The van der Waals surface area contributed by atoms with Gasteiger partial charge in [-0.15, -0.1) is 0 Å². The molecule has 178 valence electrons. The number of ether oxygens (including phenoxy) is 2. The number of methoxy groups -OCH3 is 2. The minimum Gasteiger partial charge on any atom is -0.493 e. The second-order valence-corrected chi connectivity index (χ2v) is 8.17. The number of hydrogen-bond acceptors (Lipinski definition) is 6. The fourth-order valence-corrected chi connectivity index (χ4v) is 3.75. The van der Waals surface area contributed by atoms with Crippen molar-refractivity contribution in [3.05, 3.63) is 95.8 Å². The number of carbonyl (C=O) groups is 1. The standard InChI is InChI=1S/C28H28N4O3/c1-18-7-5-9-22(13-18)28(33)31-23-10-6-8-20(14-23)19(2)30-27-17-29-16-24(32-27)21-11-12-25(34-3)26(15-21)35-4/h5-17,19H,1-4H3,(H,30,32)(H,31,33)/t19-/m0/s1. The molecule has 0 spiro atoms. The molecule has 1 heterocycles. The highest BCUT2D eigenvalue weighted by molar-refractivity contribution is 6.04. The summed E-state index contributed by atoms with van der Waals surface area (Å²) in [4.78, 5) is 21.7. The monoisotopic (exact) mass is 468 g/mol. The Morgan fingerprint density at radius 1 is 0.914 bits per heavy atom. The summed E-state index contributed by atoms with van der Waals surface area (Å²) < 4.78 is 10.7. The molecule has 4 rings (SSSR count). The molecule has 35 heavy (non-hydrogen) atoms. The Labute approximate surface area is 205 Å². The highest BCUT2D eigenvalue weighted by Gasteiger charge is 2.12. The second kappa shape index (κ2) is 10.7. The smallest absolute Gasteiger partial charge is 0.255 e. The molecule has 0 unspecified atom stereocenters. The molecule has 1 atom stereocenters. The molecule has 2 N–H and O–H groups in total. The number of anilines is 2. The average molecular weight is 469 g/mol. The number of rotatable bonds is 8. The van der Waals surface area contributed by atoms with Gasteiger partial charge < -0.3 is 20.1 Å². The van der Waals surface area contributed by atoms with Gasteiger partial charge in [0.05, 0.1) is 38.3 Å². The lowest BCUT2D eigenvalue weighted by Crippen LogP contribution is -2.13. The van der Waals surface area contributed by atoms with Gasteiger partial charge >= 0.3 is 0 Å². The number of nitrogens with zero attached hydrogens (tertiary/aromatic N) is 2. The van der Waals surface area contributed by atoms with Gasteiger partial charge in [-0.25, -0.2) is 4.98 Å². The third-order valence-corrected chi connectivity index (χ3v) is 5.60. The zero-order chi connectivity index (χ0) is 24.8. The molecule has 0 aliphatic rings. The van der Waals surface area contributed by atoms with Crippen molar-refractivity contribution in [2.45, 2.75) is 19.9 Å². The summed E-state index contributed by atoms with van der Waals surface area (Å²) in [5, 5.41) is 6.38. The summed E-state index contributed by atoms with van der Waals surface area (Å²) in [5.74, 6) is 1.78. The molecule has 0 aliphatic carbocycles. The van der Waals surface area contributed by atoms with Gasteiger partial charge in [0.1, 0.15) is 5.82 Å². The first-order chi connectivity index (χ1) is 17.0. The van der Waals surface area contributed by atoms with Gasteiger partial charge in [-0.2, -0.15) is 0 Å². The summed E-state index contributed by atoms with van der Waals surface area (Å²) in [6.45, 7) is 4.00. The van der Waals surface area contributed by atoms with E-state index in [1.165, 1.54) is 0 Å². The predicted octanol–water partition coefficient (Wildman–Crippen LogP) is 5.89. The lowest BCUT2D eigenvalue weighted by atomic mass is 10.1. The zero-order valence-corrected chi connectivity index (χ0v) is 20.2. The van der Waals surface area contributed by atoms with Crippen molar-refractivity contribution in [3.8, 4) is 22.8 Å². The number of amides is 1. The van der Waals surface area contributed by atoms with Crippen LogP contribution in [-0.4, -0.2) is 30.1 Å². The fraction of sp³-hybridized carbons (Fsp3) is 0.179. The molecule has 3 aromatic carbocycles. The molecule has 1 amide bonds. The molecule has 1 aromatic heterocycles. The summed E-state index contributed by atoms with van der Waals surface area (Å²) in [7, 11) is 3.21. The van der Waals surface area contributed by atoms with Crippen LogP contribution in [0.4, 0.5) is 11.5 Å². The maximum Gasteiger partial charge on any atom is 0.255 e. The number of aromatic nitrogens is 2. The van der Waals surface area contributed by atoms with Gasteiger partial charge in [-0.3, -0.25) is 9.78 Å². The van der Waals surface area contributed by atoms with Crippen molar-refractivity contribution in [2.24, 2.45) is 0 Å². The summed E-state index contributed by atoms with van der Waals surface area (Å²) in [6.07, 6.45) is 3.39. The van der Waals surface area contributed by atoms with E-state index in [4.69, 9.17) is 14.5 Å². The van der Waals surface area contributed by atoms with E-state index in [2.05, 4.69) is 15.6 Å². The Kier molecular flexibility index (Phi) is 7.26. The van der Waals surface area contributed by atoms with E-state index < -0.39 is 0 Å². The zero-order valence-electron chi connectivity index (χ0n) is 20.2. The third kappa shape index (κ3) is 5.76. The van der Waals surface area contributed by atoms with E-state index >= 15 is 0 Å². The predicted molar refractivity (Wildman–Crippen MR) is 138 cm³/mol. The molecule has 0 saturated heterocycles. The van der Waals surface area contributed by atoms with Crippen LogP contribution in [0.25, 0.3) is 11.3 Å². The van der Waals surface area contributed by atoms with Gasteiger partial charge in [-0.1, -0.05) is 29.8 Å². The van der Waals surface area contributed by atoms with Gasteiger partial charge in [0.2, 0.25) is 0 Å². The third-order valence-electron chi connectivity index (χ3n) is 5.60. The van der Waals surface area contributed by atoms with Crippen LogP contribution in [0, 0.1) is 6.92 Å². The Morgan fingerprint density at radius 2 is 1.71 bits per heavy atom. The quantitative estimate of drug-likeness (QED) is 0.335. The average Bonchev–Trinajstić information content (AvgIpc) is 2.88. The normalized spacial score (nSPS) is 11.4. The van der Waals surface area contributed by atoms with E-state index in [0.717, 1.165) is 22.4 Å². The van der Waals surface area contributed by atoms with Crippen LogP contribution < -0.4 is 20.1 Å². The lowest BCUT2D eigenvalue weighted by Gasteiger charge is -2.17. The molecule has 7 heteroatoms. The van der Waals surface area contributed by atoms with Gasteiger partial charge in [0.15, 0.2) is 11.5 Å². The van der Waals surface area contributed by atoms with Gasteiger partial charge in [-0.05, 0) is 61.9 Å². The summed E-state index contributed by atoms with van der Waals surface area (Å²) in [6, 6.07) is 20.8. The number of aryl methyl sites for hydroxylation is 1. The second-order valence-electron chi connectivity index (χ2n) is 8.17. The van der Waals surface area contributed by atoms with Gasteiger partial charge in [0.25, 0.3) is 5.91 Å². The van der Waals surface area contributed by atoms with Crippen LogP contribution in [0.1, 0.15) is 34.5 Å². The maximum absolute atomic E-state index is 12.6. The number of benzene rings is 3. The van der Waals surface area contributed by atoms with Crippen LogP contribution in [-0.2, 0) is 0 Å². The fourth-order valence-electron chi connectivity index (χ4n) is 3.75. The van der Waals surface area contributed by atoms with E-state index in [-0.39, 0.29) is 11.9 Å². The SMILES string of the molecule is COc1ccc(-c2cncc(N[C@@H](C)c3cccc(NC(=O)c4cccc(C)c4)c3)n2)cc1OC. The van der Waals surface area contributed by atoms with Crippen molar-refractivity contribution in [1.29, 1.82) is 0 Å². The molecule has 0 aliphatic heterocycles.